The van der Waals surface area contributed by atoms with Crippen molar-refractivity contribution in [3.05, 3.63) is 222 Å². The van der Waals surface area contributed by atoms with Crippen LogP contribution in [0.15, 0.2) is 221 Å². The smallest absolute Gasteiger partial charge is 0.337 e. The maximum absolute atomic E-state index is 10.7. The zero-order chi connectivity index (χ0) is 62.7. The molecule has 0 aromatic heterocycles. The summed E-state index contributed by atoms with van der Waals surface area (Å²) < 4.78 is 38.1. The number of alkyl halides is 1. The molecule has 18 heteroatoms. The predicted octanol–water partition coefficient (Wildman–Crippen LogP) is 14.3. The van der Waals surface area contributed by atoms with Crippen LogP contribution in [0.5, 0.6) is 34.5 Å². The van der Waals surface area contributed by atoms with Crippen LogP contribution in [-0.4, -0.2) is 57.9 Å². The number of benzene rings is 9. The monoisotopic (exact) mass is 1240 g/mol. The van der Waals surface area contributed by atoms with E-state index in [1.165, 1.54) is 28.1 Å². The van der Waals surface area contributed by atoms with Crippen LogP contribution >= 0.6 is 15.9 Å². The van der Waals surface area contributed by atoms with Crippen molar-refractivity contribution in [2.45, 2.75) is 39.6 Å². The third-order valence-electron chi connectivity index (χ3n) is 13.7. The average molecular weight is 1250 g/mol. The van der Waals surface area contributed by atoms with Crippen LogP contribution in [0.4, 0.5) is 45.5 Å². The van der Waals surface area contributed by atoms with E-state index in [0.29, 0.717) is 63.3 Å². The van der Waals surface area contributed by atoms with E-state index in [9.17, 15) is 4.79 Å². The molecule has 0 aliphatic carbocycles. The molecule has 0 saturated carbocycles. The van der Waals surface area contributed by atoms with Crippen molar-refractivity contribution in [1.29, 1.82) is 0 Å². The van der Waals surface area contributed by atoms with Crippen molar-refractivity contribution in [3.8, 4) is 34.5 Å². The number of methoxy groups -OCH3 is 3. The van der Waals surface area contributed by atoms with E-state index in [1.54, 1.807) is 21.3 Å². The quantitative estimate of drug-likeness (QED) is 0.0109. The Hall–Kier alpha value is -10.5. The number of aryl methyl sites for hydroxylation is 1. The Morgan fingerprint density at radius 1 is 0.705 bits per heavy atom. The molecule has 1 atom stereocenters. The molecule has 2 heterocycles. The second-order valence-corrected chi connectivity index (χ2v) is 21.3. The summed E-state index contributed by atoms with van der Waals surface area (Å²) in [6.07, 6.45) is 2.95. The second kappa shape index (κ2) is 30.1. The normalized spacial score (nSPS) is 13.2. The lowest BCUT2D eigenvalue weighted by molar-refractivity contribution is -0.568. The zero-order valence-electron chi connectivity index (χ0n) is 50.2. The Balaban J connectivity index is 0.000000166. The molecule has 0 bridgehead atoms. The van der Waals surface area contributed by atoms with Gasteiger partial charge in [-0.05, 0) is 150 Å². The molecule has 9 aromatic carbocycles. The third kappa shape index (κ3) is 16.9. The van der Waals surface area contributed by atoms with Crippen LogP contribution in [0.2, 0.25) is 0 Å². The van der Waals surface area contributed by atoms with Crippen molar-refractivity contribution < 1.29 is 42.9 Å². The number of nitrogen functional groups attached to an aromatic ring is 2. The largest absolute Gasteiger partial charge is 0.497 e. The molecule has 88 heavy (non-hydrogen) atoms. The number of fused-ring (bicyclic) bond motifs is 4. The van der Waals surface area contributed by atoms with Gasteiger partial charge in [-0.15, -0.1) is 0 Å². The molecule has 450 valence electrons. The third-order valence-corrected chi connectivity index (χ3v) is 14.0. The van der Waals surface area contributed by atoms with Crippen LogP contribution < -0.4 is 66.1 Å². The number of carbonyl (C=O) groups excluding carboxylic acids is 1. The molecule has 2 aliphatic heterocycles. The lowest BCUT2D eigenvalue weighted by atomic mass is 9.93. The highest BCUT2D eigenvalue weighted by molar-refractivity contribution is 9.09. The van der Waals surface area contributed by atoms with Gasteiger partial charge in [0.2, 0.25) is 5.36 Å². The molecular formula is C70H71BrN9O8+. The molecule has 0 amide bonds. The number of rotatable bonds is 17. The summed E-state index contributed by atoms with van der Waals surface area (Å²) >= 11 is 3.12. The average Bonchev–Trinajstić information content (AvgIpc) is 1.66. The first-order valence-corrected chi connectivity index (χ1v) is 29.0. The molecule has 11 rings (SSSR count). The maximum atomic E-state index is 10.7. The number of nitrogens with zero attached hydrogens (tertiary/aromatic N) is 4. The predicted molar refractivity (Wildman–Crippen MR) is 356 cm³/mol. The van der Waals surface area contributed by atoms with Gasteiger partial charge in [0.1, 0.15) is 41.1 Å². The number of azo groups is 2. The Kier molecular flexibility index (Phi) is 21.7. The van der Waals surface area contributed by atoms with E-state index in [4.69, 9.17) is 39.9 Å². The molecule has 9 aromatic rings. The van der Waals surface area contributed by atoms with Gasteiger partial charge in [0, 0.05) is 41.6 Å². The molecule has 0 radical (unpaired) electrons. The van der Waals surface area contributed by atoms with Gasteiger partial charge in [0.25, 0.3) is 0 Å². The second-order valence-electron chi connectivity index (χ2n) is 20.5. The van der Waals surface area contributed by atoms with Gasteiger partial charge in [-0.1, -0.05) is 102 Å². The van der Waals surface area contributed by atoms with Gasteiger partial charge < -0.3 is 55.3 Å². The van der Waals surface area contributed by atoms with Crippen LogP contribution in [0.3, 0.4) is 0 Å². The minimum Gasteiger partial charge on any atom is -0.497 e. The number of halogens is 1. The van der Waals surface area contributed by atoms with Crippen LogP contribution in [0, 0.1) is 6.92 Å². The molecular weight excluding hydrogens is 1170 g/mol. The standard InChI is InChI=1S/C25H24N4O3.C24H20N4O3.C14H17N.C7H9BrO2/c1-30-20-11-8-18(9-12-20)28-29-19-10-14-23(31-2)22(15-19)27-16-32-24-13-7-17-5-3-4-6-21(17)25(24)26;1-29-18-10-7-16(8-11-18)27-28-17-9-13-21-20(14-17)26-24(30-21)31-22-12-6-15-4-2-3-5-19(15)23(22)25;1-9-6-12-11(3)8-14(4,5)15-13(12)7-10(9)2;1-3-6(2)7(9)10-5-4-8/h3-15,27H,16,26H2,1-2H3;2-14,24,26H,25H2,1H3;6-8H,1H2,2-5H3;3H,1-2,4-5H2/p+1/t;24-;;/m.0../s1. The summed E-state index contributed by atoms with van der Waals surface area (Å²) in [5.74, 6) is 3.66. The number of anilines is 4. The Bertz CT molecular complexity index is 4170. The van der Waals surface area contributed by atoms with Crippen molar-refractivity contribution >= 4 is 101 Å². The first-order chi connectivity index (χ1) is 42.5. The van der Waals surface area contributed by atoms with E-state index >= 15 is 0 Å². The summed E-state index contributed by atoms with van der Waals surface area (Å²) in [4.78, 5) is 14.2. The van der Waals surface area contributed by atoms with E-state index in [2.05, 4.69) is 122 Å². The lowest BCUT2D eigenvalue weighted by Crippen LogP contribution is -2.89. The van der Waals surface area contributed by atoms with Crippen LogP contribution in [0.25, 0.3) is 33.7 Å². The van der Waals surface area contributed by atoms with E-state index < -0.39 is 12.4 Å². The van der Waals surface area contributed by atoms with Gasteiger partial charge in [-0.2, -0.15) is 20.5 Å². The molecule has 0 spiro atoms. The van der Waals surface area contributed by atoms with Gasteiger partial charge >= 0.3 is 12.4 Å². The Morgan fingerprint density at radius 3 is 1.84 bits per heavy atom. The number of hydrogen-bond acceptors (Lipinski definition) is 16. The van der Waals surface area contributed by atoms with Crippen molar-refractivity contribution in [2.75, 3.05) is 62.1 Å². The molecule has 17 nitrogen and oxygen atoms in total. The van der Waals surface area contributed by atoms with Crippen molar-refractivity contribution in [3.63, 3.8) is 0 Å². The van der Waals surface area contributed by atoms with Crippen molar-refractivity contribution in [1.82, 2.24) is 0 Å². The number of ether oxygens (including phenoxy) is 7. The molecule has 0 saturated heterocycles. The van der Waals surface area contributed by atoms with Gasteiger partial charge in [0.05, 0.1) is 72.4 Å². The van der Waals surface area contributed by atoms with Gasteiger partial charge in [0.15, 0.2) is 12.3 Å². The zero-order valence-corrected chi connectivity index (χ0v) is 51.8. The molecule has 2 aliphatic rings. The first kappa shape index (κ1) is 63.6. The number of hydrogen-bond donors (Lipinski definition) is 5. The van der Waals surface area contributed by atoms with E-state index in [1.807, 2.05) is 158 Å². The van der Waals surface area contributed by atoms with E-state index in [-0.39, 0.29) is 12.3 Å². The van der Waals surface area contributed by atoms with Gasteiger partial charge in [-0.3, -0.25) is 0 Å². The fraction of sp³-hybridized carbons (Fsp3) is 0.171. The summed E-state index contributed by atoms with van der Waals surface area (Å²) in [6, 6.07) is 53.6. The lowest BCUT2D eigenvalue weighted by Gasteiger charge is -2.16. The van der Waals surface area contributed by atoms with Crippen molar-refractivity contribution in [2.24, 2.45) is 20.5 Å². The summed E-state index contributed by atoms with van der Waals surface area (Å²) in [7, 11) is 4.86. The molecule has 7 N–H and O–H groups in total. The number of nitrogens with one attached hydrogen (secondary N) is 3. The SMILES string of the molecule is C=CC(=C)C(=O)OCCBr.C=c1cc2c(cc1C)=[NH+]C(C)(C)C=C2C.COc1ccc(N=Nc2ccc(OC)c(NCOc3ccc4ccccc4c3N)c2)cc1.COc1ccc(N=Nc2ccc3c(c2)N[C@H](Oc2ccc4ccccc4c2N)O3)cc1. The van der Waals surface area contributed by atoms with Crippen LogP contribution in [0.1, 0.15) is 31.9 Å². The highest BCUT2D eigenvalue weighted by Gasteiger charge is 2.26. The van der Waals surface area contributed by atoms with Crippen LogP contribution in [-0.2, 0) is 9.53 Å². The molecule has 0 unspecified atom stereocenters. The first-order valence-electron chi connectivity index (χ1n) is 27.9. The summed E-state index contributed by atoms with van der Waals surface area (Å²) in [5.41, 5.74) is 22.3. The maximum Gasteiger partial charge on any atom is 0.337 e. The number of nitrogens with two attached hydrogens (primary N) is 2. The minimum atomic E-state index is -0.688. The topological polar surface area (TPSA) is 221 Å². The summed E-state index contributed by atoms with van der Waals surface area (Å²) in [6.45, 7) is 20.1. The van der Waals surface area contributed by atoms with Gasteiger partial charge in [-0.25, -0.2) is 9.79 Å². The fourth-order valence-corrected chi connectivity index (χ4v) is 9.29. The Morgan fingerprint density at radius 2 is 1.25 bits per heavy atom. The highest BCUT2D eigenvalue weighted by atomic mass is 79.9. The summed E-state index contributed by atoms with van der Waals surface area (Å²) in [5, 5.41) is 30.6. The highest BCUT2D eigenvalue weighted by Crippen LogP contribution is 2.39. The van der Waals surface area contributed by atoms with E-state index in [0.717, 1.165) is 61.0 Å². The molecule has 0 fully saturated rings. The number of carbonyl (C=O) groups is 1. The number of esters is 1. The minimum absolute atomic E-state index is 0.0478. The number of allylic oxidation sites excluding steroid dienone is 1. The Labute approximate surface area is 520 Å². The fourth-order valence-electron chi connectivity index (χ4n) is 9.12.